The Morgan fingerprint density at radius 3 is 2.61 bits per heavy atom. The summed E-state index contributed by atoms with van der Waals surface area (Å²) < 4.78 is 1.03. The lowest BCUT2D eigenvalue weighted by Crippen LogP contribution is -2.25. The Balaban J connectivity index is 2.29. The molecule has 0 atom stereocenters. The van der Waals surface area contributed by atoms with Crippen LogP contribution in [0.15, 0.2) is 34.8 Å². The fraction of sp³-hybridized carbons (Fsp3) is 0.357. The van der Waals surface area contributed by atoms with E-state index in [1.807, 2.05) is 44.4 Å². The minimum atomic E-state index is -0.0447. The largest absolute Gasteiger partial charge is 0.353 e. The third-order valence-electron chi connectivity index (χ3n) is 2.38. The highest BCUT2D eigenvalue weighted by Gasteiger charge is 1.95. The van der Waals surface area contributed by atoms with Crippen molar-refractivity contribution in [2.24, 2.45) is 0 Å². The average molecular weight is 311 g/mol. The van der Waals surface area contributed by atoms with E-state index < -0.39 is 0 Å². The SMILES string of the molecule is CN(C)CCCNC(=O)C=Cc1ccc(Br)cc1. The van der Waals surface area contributed by atoms with Crippen LogP contribution in [-0.2, 0) is 4.79 Å². The Bertz CT molecular complexity index is 399. The van der Waals surface area contributed by atoms with Gasteiger partial charge in [0.1, 0.15) is 0 Å². The highest BCUT2D eigenvalue weighted by Crippen LogP contribution is 2.11. The molecule has 1 rings (SSSR count). The molecular weight excluding hydrogens is 292 g/mol. The molecule has 0 aromatic heterocycles. The molecule has 0 fully saturated rings. The first-order chi connectivity index (χ1) is 8.58. The number of carbonyl (C=O) groups is 1. The van der Waals surface area contributed by atoms with Crippen molar-refractivity contribution < 1.29 is 4.79 Å². The average Bonchev–Trinajstić information content (AvgIpc) is 2.34. The van der Waals surface area contributed by atoms with Gasteiger partial charge in [-0.15, -0.1) is 0 Å². The maximum atomic E-state index is 11.5. The van der Waals surface area contributed by atoms with Crippen LogP contribution in [0.1, 0.15) is 12.0 Å². The first-order valence-electron chi connectivity index (χ1n) is 5.94. The van der Waals surface area contributed by atoms with Crippen LogP contribution in [0.25, 0.3) is 6.08 Å². The van der Waals surface area contributed by atoms with E-state index in [-0.39, 0.29) is 5.91 Å². The minimum absolute atomic E-state index is 0.0447. The highest BCUT2D eigenvalue weighted by molar-refractivity contribution is 9.10. The first-order valence-corrected chi connectivity index (χ1v) is 6.73. The summed E-state index contributed by atoms with van der Waals surface area (Å²) in [5.41, 5.74) is 1.02. The number of carbonyl (C=O) groups excluding carboxylic acids is 1. The van der Waals surface area contributed by atoms with Crippen molar-refractivity contribution in [1.82, 2.24) is 10.2 Å². The first kappa shape index (κ1) is 14.9. The molecule has 4 heteroatoms. The number of amides is 1. The summed E-state index contributed by atoms with van der Waals surface area (Å²) in [5.74, 6) is -0.0447. The Hall–Kier alpha value is -1.13. The standard InChI is InChI=1S/C14H19BrN2O/c1-17(2)11-3-10-16-14(18)9-6-12-4-7-13(15)8-5-12/h4-9H,3,10-11H2,1-2H3,(H,16,18). The molecular formula is C14H19BrN2O. The van der Waals surface area contributed by atoms with Crippen LogP contribution in [0.3, 0.4) is 0 Å². The van der Waals surface area contributed by atoms with Crippen molar-refractivity contribution in [2.75, 3.05) is 27.2 Å². The van der Waals surface area contributed by atoms with Crippen molar-refractivity contribution in [3.05, 3.63) is 40.4 Å². The molecule has 1 aromatic rings. The molecule has 3 nitrogen and oxygen atoms in total. The van der Waals surface area contributed by atoms with E-state index >= 15 is 0 Å². The second kappa shape index (κ2) is 8.06. The Kier molecular flexibility index (Phi) is 6.68. The lowest BCUT2D eigenvalue weighted by atomic mass is 10.2. The van der Waals surface area contributed by atoms with Gasteiger partial charge in [-0.1, -0.05) is 28.1 Å². The predicted molar refractivity (Wildman–Crippen MR) is 79.4 cm³/mol. The molecule has 0 aliphatic rings. The summed E-state index contributed by atoms with van der Waals surface area (Å²) in [6, 6.07) is 7.82. The van der Waals surface area contributed by atoms with Gasteiger partial charge in [0.05, 0.1) is 0 Å². The second-order valence-corrected chi connectivity index (χ2v) is 5.25. The zero-order valence-corrected chi connectivity index (χ0v) is 12.4. The second-order valence-electron chi connectivity index (χ2n) is 4.33. The van der Waals surface area contributed by atoms with Crippen molar-refractivity contribution in [2.45, 2.75) is 6.42 Å². The molecule has 1 amide bonds. The summed E-state index contributed by atoms with van der Waals surface area (Å²) >= 11 is 3.37. The van der Waals surface area contributed by atoms with Gasteiger partial charge < -0.3 is 10.2 Å². The molecule has 1 N–H and O–H groups in total. The lowest BCUT2D eigenvalue weighted by Gasteiger charge is -2.08. The molecule has 0 saturated carbocycles. The molecule has 0 aliphatic heterocycles. The fourth-order valence-corrected chi connectivity index (χ4v) is 1.68. The number of nitrogens with one attached hydrogen (secondary N) is 1. The van der Waals surface area contributed by atoms with Gasteiger partial charge in [0.15, 0.2) is 0 Å². The van der Waals surface area contributed by atoms with Gasteiger partial charge >= 0.3 is 0 Å². The minimum Gasteiger partial charge on any atom is -0.353 e. The third-order valence-corrected chi connectivity index (χ3v) is 2.91. The summed E-state index contributed by atoms with van der Waals surface area (Å²) in [7, 11) is 4.05. The Labute approximate surface area is 117 Å². The lowest BCUT2D eigenvalue weighted by molar-refractivity contribution is -0.116. The Morgan fingerprint density at radius 2 is 2.00 bits per heavy atom. The van der Waals surface area contributed by atoms with Crippen LogP contribution in [-0.4, -0.2) is 38.0 Å². The smallest absolute Gasteiger partial charge is 0.243 e. The number of benzene rings is 1. The van der Waals surface area contributed by atoms with E-state index in [4.69, 9.17) is 0 Å². The molecule has 0 unspecified atom stereocenters. The van der Waals surface area contributed by atoms with E-state index in [2.05, 4.69) is 26.1 Å². The number of halogens is 1. The molecule has 0 aliphatic carbocycles. The number of nitrogens with zero attached hydrogens (tertiary/aromatic N) is 1. The van der Waals surface area contributed by atoms with Crippen LogP contribution in [0.5, 0.6) is 0 Å². The zero-order chi connectivity index (χ0) is 13.4. The van der Waals surface area contributed by atoms with Gasteiger partial charge in [0, 0.05) is 17.1 Å². The molecule has 0 spiro atoms. The maximum absolute atomic E-state index is 11.5. The molecule has 98 valence electrons. The van der Waals surface area contributed by atoms with Gasteiger partial charge in [-0.3, -0.25) is 4.79 Å². The van der Waals surface area contributed by atoms with Crippen LogP contribution >= 0.6 is 15.9 Å². The molecule has 0 heterocycles. The summed E-state index contributed by atoms with van der Waals surface area (Å²) in [5, 5.41) is 2.86. The van der Waals surface area contributed by atoms with Crippen LogP contribution in [0.2, 0.25) is 0 Å². The summed E-state index contributed by atoms with van der Waals surface area (Å²) in [4.78, 5) is 13.6. The number of rotatable bonds is 6. The van der Waals surface area contributed by atoms with Gasteiger partial charge in [0.2, 0.25) is 5.91 Å². The molecule has 1 aromatic carbocycles. The molecule has 0 saturated heterocycles. The van der Waals surface area contributed by atoms with Crippen molar-refractivity contribution in [1.29, 1.82) is 0 Å². The van der Waals surface area contributed by atoms with E-state index in [1.165, 1.54) is 0 Å². The number of hydrogen-bond donors (Lipinski definition) is 1. The van der Waals surface area contributed by atoms with Gasteiger partial charge in [-0.05, 0) is 50.8 Å². The van der Waals surface area contributed by atoms with E-state index in [1.54, 1.807) is 6.08 Å². The molecule has 18 heavy (non-hydrogen) atoms. The molecule has 0 radical (unpaired) electrons. The maximum Gasteiger partial charge on any atom is 0.243 e. The van der Waals surface area contributed by atoms with E-state index in [9.17, 15) is 4.79 Å². The predicted octanol–water partition coefficient (Wildman–Crippen LogP) is 2.53. The fourth-order valence-electron chi connectivity index (χ4n) is 1.41. The number of hydrogen-bond acceptors (Lipinski definition) is 2. The van der Waals surface area contributed by atoms with Crippen molar-refractivity contribution in [3.63, 3.8) is 0 Å². The third kappa shape index (κ3) is 6.57. The van der Waals surface area contributed by atoms with Gasteiger partial charge in [-0.25, -0.2) is 0 Å². The monoisotopic (exact) mass is 310 g/mol. The summed E-state index contributed by atoms with van der Waals surface area (Å²) in [6.07, 6.45) is 4.34. The van der Waals surface area contributed by atoms with E-state index in [0.717, 1.165) is 23.0 Å². The quantitative estimate of drug-likeness (QED) is 0.647. The molecule has 0 bridgehead atoms. The highest BCUT2D eigenvalue weighted by atomic mass is 79.9. The van der Waals surface area contributed by atoms with Crippen LogP contribution in [0, 0.1) is 0 Å². The summed E-state index contributed by atoms with van der Waals surface area (Å²) in [6.45, 7) is 1.69. The zero-order valence-electron chi connectivity index (χ0n) is 10.8. The topological polar surface area (TPSA) is 32.3 Å². The van der Waals surface area contributed by atoms with Crippen LogP contribution < -0.4 is 5.32 Å². The van der Waals surface area contributed by atoms with E-state index in [0.29, 0.717) is 6.54 Å². The Morgan fingerprint density at radius 1 is 1.33 bits per heavy atom. The normalized spacial score (nSPS) is 11.1. The van der Waals surface area contributed by atoms with Gasteiger partial charge in [0.25, 0.3) is 0 Å². The van der Waals surface area contributed by atoms with Crippen LogP contribution in [0.4, 0.5) is 0 Å². The van der Waals surface area contributed by atoms with Gasteiger partial charge in [-0.2, -0.15) is 0 Å². The van der Waals surface area contributed by atoms with Crippen molar-refractivity contribution in [3.8, 4) is 0 Å². The van der Waals surface area contributed by atoms with Crippen molar-refractivity contribution >= 4 is 27.9 Å².